The van der Waals surface area contributed by atoms with Crippen LogP contribution in [0.4, 0.5) is 5.69 Å². The normalized spacial score (nSPS) is 17.6. The van der Waals surface area contributed by atoms with Crippen LogP contribution in [0, 0.1) is 6.92 Å². The average molecular weight is 299 g/mol. The van der Waals surface area contributed by atoms with Crippen molar-refractivity contribution < 1.29 is 0 Å². The number of aryl methyl sites for hydroxylation is 2. The maximum atomic E-state index is 4.28. The zero-order chi connectivity index (χ0) is 15.4. The van der Waals surface area contributed by atoms with Gasteiger partial charge in [-0.2, -0.15) is 5.10 Å². The Kier molecular flexibility index (Phi) is 4.73. The van der Waals surface area contributed by atoms with Gasteiger partial charge >= 0.3 is 0 Å². The fourth-order valence-corrected chi connectivity index (χ4v) is 3.16. The Balaban J connectivity index is 1.50. The van der Waals surface area contributed by atoms with E-state index in [0.717, 1.165) is 39.1 Å². The summed E-state index contributed by atoms with van der Waals surface area (Å²) in [6, 6.07) is 4.72. The molecule has 1 aliphatic rings. The molecule has 3 rings (SSSR count). The van der Waals surface area contributed by atoms with Gasteiger partial charge in [0.2, 0.25) is 0 Å². The van der Waals surface area contributed by atoms with Crippen LogP contribution < -0.4 is 4.90 Å². The Morgan fingerprint density at radius 1 is 1.18 bits per heavy atom. The largest absolute Gasteiger partial charge is 0.369 e. The molecular weight excluding hydrogens is 274 g/mol. The van der Waals surface area contributed by atoms with Crippen molar-refractivity contribution in [1.29, 1.82) is 0 Å². The maximum absolute atomic E-state index is 4.28. The minimum Gasteiger partial charge on any atom is -0.369 e. The lowest BCUT2D eigenvalue weighted by Gasteiger charge is -2.39. The van der Waals surface area contributed by atoms with E-state index in [4.69, 9.17) is 0 Å². The van der Waals surface area contributed by atoms with Gasteiger partial charge < -0.3 is 4.90 Å². The SMILES string of the molecule is Cc1cnccc1N1CCN([C@@H](C)CCn2cccn2)CC1. The van der Waals surface area contributed by atoms with Crippen molar-refractivity contribution in [1.82, 2.24) is 19.7 Å². The molecule has 1 atom stereocenters. The van der Waals surface area contributed by atoms with Crippen molar-refractivity contribution in [2.75, 3.05) is 31.1 Å². The van der Waals surface area contributed by atoms with Gasteiger partial charge in [-0.15, -0.1) is 0 Å². The van der Waals surface area contributed by atoms with E-state index in [1.807, 2.05) is 35.5 Å². The van der Waals surface area contributed by atoms with Crippen LogP contribution in [-0.4, -0.2) is 51.9 Å². The van der Waals surface area contributed by atoms with E-state index in [-0.39, 0.29) is 0 Å². The van der Waals surface area contributed by atoms with Crippen molar-refractivity contribution in [2.45, 2.75) is 32.9 Å². The first-order valence-electron chi connectivity index (χ1n) is 8.11. The number of hydrogen-bond acceptors (Lipinski definition) is 4. The zero-order valence-corrected chi connectivity index (χ0v) is 13.5. The number of aromatic nitrogens is 3. The fraction of sp³-hybridized carbons (Fsp3) is 0.529. The Morgan fingerprint density at radius 2 is 2.00 bits per heavy atom. The molecule has 0 spiro atoms. The molecule has 5 nitrogen and oxygen atoms in total. The molecule has 1 fully saturated rings. The smallest absolute Gasteiger partial charge is 0.0489 e. The van der Waals surface area contributed by atoms with E-state index in [1.54, 1.807) is 0 Å². The van der Waals surface area contributed by atoms with Gasteiger partial charge in [-0.1, -0.05) is 0 Å². The number of piperazine rings is 1. The monoisotopic (exact) mass is 299 g/mol. The van der Waals surface area contributed by atoms with Crippen LogP contribution in [0.25, 0.3) is 0 Å². The Morgan fingerprint density at radius 3 is 2.68 bits per heavy atom. The van der Waals surface area contributed by atoms with Crippen LogP contribution in [-0.2, 0) is 6.54 Å². The van der Waals surface area contributed by atoms with E-state index in [1.165, 1.54) is 11.3 Å². The van der Waals surface area contributed by atoms with Gasteiger partial charge in [0.1, 0.15) is 0 Å². The third-order valence-electron chi connectivity index (χ3n) is 4.60. The molecule has 0 aliphatic carbocycles. The van der Waals surface area contributed by atoms with Crippen molar-refractivity contribution in [2.24, 2.45) is 0 Å². The molecule has 0 unspecified atom stereocenters. The molecule has 118 valence electrons. The first-order valence-corrected chi connectivity index (χ1v) is 8.11. The van der Waals surface area contributed by atoms with Crippen LogP contribution in [0.2, 0.25) is 0 Å². The predicted molar refractivity (Wildman–Crippen MR) is 89.1 cm³/mol. The molecule has 0 radical (unpaired) electrons. The molecule has 2 aromatic heterocycles. The van der Waals surface area contributed by atoms with Crippen molar-refractivity contribution >= 4 is 5.69 Å². The minimum absolute atomic E-state index is 0.602. The van der Waals surface area contributed by atoms with Gasteiger partial charge in [-0.25, -0.2) is 0 Å². The molecule has 0 bridgehead atoms. The number of pyridine rings is 1. The lowest BCUT2D eigenvalue weighted by atomic mass is 10.1. The van der Waals surface area contributed by atoms with E-state index in [9.17, 15) is 0 Å². The number of hydrogen-bond donors (Lipinski definition) is 0. The molecule has 1 aliphatic heterocycles. The first-order chi connectivity index (χ1) is 10.7. The highest BCUT2D eigenvalue weighted by atomic mass is 15.3. The Hall–Kier alpha value is -1.88. The minimum atomic E-state index is 0.602. The van der Waals surface area contributed by atoms with E-state index >= 15 is 0 Å². The summed E-state index contributed by atoms with van der Waals surface area (Å²) >= 11 is 0. The predicted octanol–water partition coefficient (Wildman–Crippen LogP) is 2.19. The molecular formula is C17H25N5. The number of anilines is 1. The molecule has 1 saturated heterocycles. The van der Waals surface area contributed by atoms with Crippen molar-refractivity contribution in [3.8, 4) is 0 Å². The highest BCUT2D eigenvalue weighted by Crippen LogP contribution is 2.20. The Labute approximate surface area is 132 Å². The zero-order valence-electron chi connectivity index (χ0n) is 13.5. The number of rotatable bonds is 5. The topological polar surface area (TPSA) is 37.2 Å². The van der Waals surface area contributed by atoms with Crippen molar-refractivity contribution in [3.63, 3.8) is 0 Å². The second-order valence-corrected chi connectivity index (χ2v) is 6.09. The molecule has 3 heterocycles. The third kappa shape index (κ3) is 3.47. The number of nitrogens with zero attached hydrogens (tertiary/aromatic N) is 5. The molecule has 0 amide bonds. The maximum Gasteiger partial charge on any atom is 0.0489 e. The van der Waals surface area contributed by atoms with Gasteiger partial charge in [0.25, 0.3) is 0 Å². The summed E-state index contributed by atoms with van der Waals surface area (Å²) in [5, 5.41) is 4.28. The van der Waals surface area contributed by atoms with Gasteiger partial charge in [-0.05, 0) is 38.0 Å². The fourth-order valence-electron chi connectivity index (χ4n) is 3.16. The summed E-state index contributed by atoms with van der Waals surface area (Å²) in [7, 11) is 0. The van der Waals surface area contributed by atoms with E-state index in [2.05, 4.69) is 39.8 Å². The van der Waals surface area contributed by atoms with Crippen molar-refractivity contribution in [3.05, 3.63) is 42.5 Å². The molecule has 0 aromatic carbocycles. The lowest BCUT2D eigenvalue weighted by Crippen LogP contribution is -2.50. The molecule has 0 N–H and O–H groups in total. The molecule has 0 saturated carbocycles. The second kappa shape index (κ2) is 6.92. The van der Waals surface area contributed by atoms with Gasteiger partial charge in [-0.3, -0.25) is 14.6 Å². The second-order valence-electron chi connectivity index (χ2n) is 6.09. The van der Waals surface area contributed by atoms with E-state index < -0.39 is 0 Å². The van der Waals surface area contributed by atoms with Crippen LogP contribution in [0.3, 0.4) is 0 Å². The van der Waals surface area contributed by atoms with Crippen LogP contribution in [0.15, 0.2) is 36.9 Å². The quantitative estimate of drug-likeness (QED) is 0.848. The third-order valence-corrected chi connectivity index (χ3v) is 4.60. The summed E-state index contributed by atoms with van der Waals surface area (Å²) in [6.07, 6.45) is 8.88. The van der Waals surface area contributed by atoms with Crippen LogP contribution in [0.1, 0.15) is 18.9 Å². The summed E-state index contributed by atoms with van der Waals surface area (Å²) in [6.45, 7) is 9.91. The Bertz CT molecular complexity index is 572. The average Bonchev–Trinajstić information content (AvgIpc) is 3.07. The van der Waals surface area contributed by atoms with Gasteiger partial charge in [0.05, 0.1) is 0 Å². The molecule has 5 heteroatoms. The van der Waals surface area contributed by atoms with Gasteiger partial charge in [0, 0.05) is 69.2 Å². The van der Waals surface area contributed by atoms with Crippen LogP contribution >= 0.6 is 0 Å². The summed E-state index contributed by atoms with van der Waals surface area (Å²) < 4.78 is 2.02. The molecule has 22 heavy (non-hydrogen) atoms. The lowest BCUT2D eigenvalue weighted by molar-refractivity contribution is 0.182. The highest BCUT2D eigenvalue weighted by Gasteiger charge is 2.21. The van der Waals surface area contributed by atoms with Gasteiger partial charge in [0.15, 0.2) is 0 Å². The van der Waals surface area contributed by atoms with E-state index in [0.29, 0.717) is 6.04 Å². The first kappa shape index (κ1) is 15.0. The summed E-state index contributed by atoms with van der Waals surface area (Å²) in [5.41, 5.74) is 2.60. The highest BCUT2D eigenvalue weighted by molar-refractivity contribution is 5.51. The standard InChI is InChI=1S/C17H25N5/c1-15-14-18-7-4-17(15)21-12-10-20(11-13-21)16(2)5-9-22-8-3-6-19-22/h3-4,6-8,14,16H,5,9-13H2,1-2H3/t16-/m0/s1. The summed E-state index contributed by atoms with van der Waals surface area (Å²) in [5.74, 6) is 0. The van der Waals surface area contributed by atoms with Crippen LogP contribution in [0.5, 0.6) is 0 Å². The summed E-state index contributed by atoms with van der Waals surface area (Å²) in [4.78, 5) is 9.26. The molecule has 2 aromatic rings.